The minimum absolute atomic E-state index is 0. The highest BCUT2D eigenvalue weighted by Gasteiger charge is 2.33. The lowest BCUT2D eigenvalue weighted by Crippen LogP contribution is -2.53. The van der Waals surface area contributed by atoms with Crippen molar-refractivity contribution in [3.05, 3.63) is 65.5 Å². The number of rotatable bonds is 4. The van der Waals surface area contributed by atoms with E-state index < -0.39 is 11.9 Å². The lowest BCUT2D eigenvalue weighted by molar-refractivity contribution is -0.140. The number of nitriles is 1. The number of aromatic nitrogens is 2. The van der Waals surface area contributed by atoms with Gasteiger partial charge in [-0.2, -0.15) is 18.4 Å². The van der Waals surface area contributed by atoms with E-state index in [9.17, 15) is 13.2 Å². The largest absolute Gasteiger partial charge is 0.433 e. The number of pyridine rings is 2. The number of anilines is 1. The predicted octanol–water partition coefficient (Wildman–Crippen LogP) is 4.73. The van der Waals surface area contributed by atoms with Crippen molar-refractivity contribution in [1.82, 2.24) is 19.8 Å². The molecule has 0 spiro atoms. The van der Waals surface area contributed by atoms with Crippen LogP contribution in [0.25, 0.3) is 10.9 Å². The molecule has 36 heavy (non-hydrogen) atoms. The number of likely N-dealkylation sites (tertiary alicyclic amines) is 1. The first kappa shape index (κ1) is 26.1. The molecule has 2 aliphatic rings. The van der Waals surface area contributed by atoms with Gasteiger partial charge >= 0.3 is 6.18 Å². The van der Waals surface area contributed by atoms with Gasteiger partial charge in [-0.05, 0) is 61.8 Å². The van der Waals surface area contributed by atoms with Crippen molar-refractivity contribution >= 4 is 29.1 Å². The van der Waals surface area contributed by atoms with E-state index in [1.54, 1.807) is 6.20 Å². The van der Waals surface area contributed by atoms with Crippen LogP contribution >= 0.6 is 12.4 Å². The van der Waals surface area contributed by atoms with Crippen LogP contribution in [0.4, 0.5) is 19.0 Å². The third-order valence-electron chi connectivity index (χ3n) is 7.03. The van der Waals surface area contributed by atoms with Gasteiger partial charge in [0.05, 0.1) is 17.1 Å². The Balaban J connectivity index is 0.00000304. The first-order chi connectivity index (χ1) is 16.9. The molecule has 2 fully saturated rings. The van der Waals surface area contributed by atoms with E-state index >= 15 is 0 Å². The van der Waals surface area contributed by atoms with Gasteiger partial charge in [-0.1, -0.05) is 12.1 Å². The van der Waals surface area contributed by atoms with E-state index in [1.165, 1.54) is 17.7 Å². The summed E-state index contributed by atoms with van der Waals surface area (Å²) in [7, 11) is 0. The maximum absolute atomic E-state index is 13.0. The van der Waals surface area contributed by atoms with Crippen LogP contribution in [0.15, 0.2) is 48.7 Å². The van der Waals surface area contributed by atoms with Crippen LogP contribution in [0.2, 0.25) is 0 Å². The molecule has 0 radical (unpaired) electrons. The van der Waals surface area contributed by atoms with Gasteiger partial charge in [-0.3, -0.25) is 9.80 Å². The second-order valence-corrected chi connectivity index (χ2v) is 9.24. The van der Waals surface area contributed by atoms with E-state index in [-0.39, 0.29) is 12.4 Å². The molecule has 0 saturated carbocycles. The number of piperazine rings is 1. The van der Waals surface area contributed by atoms with E-state index in [2.05, 4.69) is 36.8 Å². The smallest absolute Gasteiger partial charge is 0.353 e. The summed E-state index contributed by atoms with van der Waals surface area (Å²) in [5, 5.41) is 9.77. The second kappa shape index (κ2) is 11.0. The molecule has 0 bridgehead atoms. The fourth-order valence-electron chi connectivity index (χ4n) is 5.19. The molecule has 3 aromatic rings. The molecule has 2 saturated heterocycles. The monoisotopic (exact) mass is 516 g/mol. The Morgan fingerprint density at radius 1 is 0.972 bits per heavy atom. The topological polar surface area (TPSA) is 59.3 Å². The van der Waals surface area contributed by atoms with Crippen molar-refractivity contribution in [2.45, 2.75) is 31.6 Å². The molecular formula is C26H28ClF3N6. The second-order valence-electron chi connectivity index (χ2n) is 9.24. The average molecular weight is 517 g/mol. The number of alkyl halides is 3. The maximum atomic E-state index is 13.0. The SMILES string of the molecule is Cl.N#Cc1cccc(CN2CCC(N3CCN(c4nccc5nc(C(F)(F)F)ccc45)CC3)CC2)c1. The number of fused-ring (bicyclic) bond motifs is 1. The zero-order valence-electron chi connectivity index (χ0n) is 19.8. The highest BCUT2D eigenvalue weighted by atomic mass is 35.5. The van der Waals surface area contributed by atoms with Gasteiger partial charge in [0.2, 0.25) is 0 Å². The summed E-state index contributed by atoms with van der Waals surface area (Å²) in [4.78, 5) is 15.4. The van der Waals surface area contributed by atoms with Crippen LogP contribution in [0, 0.1) is 11.3 Å². The molecule has 10 heteroatoms. The van der Waals surface area contributed by atoms with E-state index in [0.717, 1.165) is 64.7 Å². The predicted molar refractivity (Wildman–Crippen MR) is 135 cm³/mol. The number of nitrogens with zero attached hydrogens (tertiary/aromatic N) is 6. The molecule has 4 heterocycles. The summed E-state index contributed by atoms with van der Waals surface area (Å²) >= 11 is 0. The normalized spacial score (nSPS) is 18.1. The lowest BCUT2D eigenvalue weighted by atomic mass is 10.0. The molecule has 6 nitrogen and oxygen atoms in total. The Hall–Kier alpha value is -2.93. The summed E-state index contributed by atoms with van der Waals surface area (Å²) in [6.07, 6.45) is -0.706. The minimum Gasteiger partial charge on any atom is -0.353 e. The first-order valence-corrected chi connectivity index (χ1v) is 11.9. The van der Waals surface area contributed by atoms with Gasteiger partial charge in [-0.25, -0.2) is 9.97 Å². The quantitative estimate of drug-likeness (QED) is 0.500. The molecule has 0 aliphatic carbocycles. The third-order valence-corrected chi connectivity index (χ3v) is 7.03. The molecule has 0 N–H and O–H groups in total. The van der Waals surface area contributed by atoms with Crippen LogP contribution in [0.3, 0.4) is 0 Å². The van der Waals surface area contributed by atoms with Crippen LogP contribution in [0.1, 0.15) is 29.7 Å². The van der Waals surface area contributed by atoms with E-state index in [1.807, 2.05) is 18.2 Å². The van der Waals surface area contributed by atoms with Crippen LogP contribution in [-0.4, -0.2) is 65.1 Å². The van der Waals surface area contributed by atoms with Crippen LogP contribution < -0.4 is 4.90 Å². The van der Waals surface area contributed by atoms with Crippen molar-refractivity contribution < 1.29 is 13.2 Å². The number of piperidine rings is 1. The van der Waals surface area contributed by atoms with E-state index in [4.69, 9.17) is 5.26 Å². The molecule has 0 amide bonds. The minimum atomic E-state index is -4.46. The highest BCUT2D eigenvalue weighted by Crippen LogP contribution is 2.31. The highest BCUT2D eigenvalue weighted by molar-refractivity contribution is 5.89. The van der Waals surface area contributed by atoms with Gasteiger partial charge < -0.3 is 4.90 Å². The summed E-state index contributed by atoms with van der Waals surface area (Å²) in [6.45, 7) is 6.30. The fraction of sp³-hybridized carbons (Fsp3) is 0.423. The standard InChI is InChI=1S/C26H27F3N6.ClH/c27-26(28,29)24-5-4-22-23(32-24)6-9-31-25(22)35-14-12-34(13-15-35)21-7-10-33(11-8-21)18-20-3-1-2-19(16-20)17-30;/h1-6,9,16,21H,7-8,10-15,18H2;1H. The van der Waals surface area contributed by atoms with Crippen molar-refractivity contribution in [3.8, 4) is 6.07 Å². The third kappa shape index (κ3) is 5.72. The zero-order valence-corrected chi connectivity index (χ0v) is 20.6. The molecule has 0 unspecified atom stereocenters. The molecule has 5 rings (SSSR count). The molecule has 1 aromatic carbocycles. The Labute approximate surface area is 214 Å². The molecule has 2 aromatic heterocycles. The van der Waals surface area contributed by atoms with Crippen molar-refractivity contribution in [2.75, 3.05) is 44.2 Å². The summed E-state index contributed by atoms with van der Waals surface area (Å²) in [5.74, 6) is 0.706. The Kier molecular flexibility index (Phi) is 7.98. The molecular weight excluding hydrogens is 489 g/mol. The number of benzene rings is 1. The Bertz CT molecular complexity index is 1230. The average Bonchev–Trinajstić information content (AvgIpc) is 2.88. The first-order valence-electron chi connectivity index (χ1n) is 11.9. The molecule has 2 aliphatic heterocycles. The van der Waals surface area contributed by atoms with Crippen molar-refractivity contribution in [3.63, 3.8) is 0 Å². The van der Waals surface area contributed by atoms with Gasteiger partial charge in [-0.15, -0.1) is 12.4 Å². The number of halogens is 4. The molecule has 190 valence electrons. The molecule has 0 atom stereocenters. The summed E-state index contributed by atoms with van der Waals surface area (Å²) in [6, 6.07) is 14.6. The maximum Gasteiger partial charge on any atom is 0.433 e. The van der Waals surface area contributed by atoms with Gasteiger partial charge in [0.15, 0.2) is 0 Å². The van der Waals surface area contributed by atoms with E-state index in [0.29, 0.717) is 28.3 Å². The summed E-state index contributed by atoms with van der Waals surface area (Å²) in [5.41, 5.74) is 1.32. The van der Waals surface area contributed by atoms with Crippen LogP contribution in [-0.2, 0) is 12.7 Å². The van der Waals surface area contributed by atoms with Crippen molar-refractivity contribution in [2.24, 2.45) is 0 Å². The van der Waals surface area contributed by atoms with Gasteiger partial charge in [0, 0.05) is 50.3 Å². The lowest BCUT2D eigenvalue weighted by Gasteiger charge is -2.43. The number of hydrogen-bond donors (Lipinski definition) is 0. The van der Waals surface area contributed by atoms with Crippen LogP contribution in [0.5, 0.6) is 0 Å². The zero-order chi connectivity index (χ0) is 24.4. The Morgan fingerprint density at radius 2 is 1.72 bits per heavy atom. The summed E-state index contributed by atoms with van der Waals surface area (Å²) < 4.78 is 39.1. The number of hydrogen-bond acceptors (Lipinski definition) is 6. The van der Waals surface area contributed by atoms with Crippen molar-refractivity contribution in [1.29, 1.82) is 5.26 Å². The Morgan fingerprint density at radius 3 is 2.42 bits per heavy atom. The van der Waals surface area contributed by atoms with Gasteiger partial charge in [0.1, 0.15) is 11.5 Å². The van der Waals surface area contributed by atoms with Gasteiger partial charge in [0.25, 0.3) is 0 Å². The fourth-order valence-corrected chi connectivity index (χ4v) is 5.19.